The molecule has 0 aliphatic rings. The second-order valence-electron chi connectivity index (χ2n) is 5.45. The Balaban J connectivity index is 1.84. The molecule has 0 saturated carbocycles. The summed E-state index contributed by atoms with van der Waals surface area (Å²) in [7, 11) is 3.27. The first-order valence-corrected chi connectivity index (χ1v) is 7.65. The van der Waals surface area contributed by atoms with E-state index in [4.69, 9.17) is 4.74 Å². The molecule has 0 radical (unpaired) electrons. The van der Waals surface area contributed by atoms with Crippen molar-refractivity contribution >= 4 is 22.7 Å². The lowest BCUT2D eigenvalue weighted by Gasteiger charge is -2.17. The van der Waals surface area contributed by atoms with Gasteiger partial charge in [-0.15, -0.1) is 0 Å². The van der Waals surface area contributed by atoms with Crippen LogP contribution in [0, 0.1) is 0 Å². The molecule has 0 bridgehead atoms. The fraction of sp³-hybridized carbons (Fsp3) is 0.412. The van der Waals surface area contributed by atoms with Gasteiger partial charge in [-0.25, -0.2) is 0 Å². The van der Waals surface area contributed by atoms with Crippen LogP contribution in [-0.2, 0) is 20.9 Å². The molecular weight excluding hydrogens is 294 g/mol. The minimum absolute atomic E-state index is 0.0605. The second kappa shape index (κ2) is 8.33. The van der Waals surface area contributed by atoms with Gasteiger partial charge in [-0.05, 0) is 23.9 Å². The van der Waals surface area contributed by atoms with Crippen molar-refractivity contribution in [3.05, 3.63) is 36.5 Å². The molecule has 6 nitrogen and oxygen atoms in total. The van der Waals surface area contributed by atoms with Crippen molar-refractivity contribution in [2.24, 2.45) is 0 Å². The molecule has 2 rings (SSSR count). The summed E-state index contributed by atoms with van der Waals surface area (Å²) in [5, 5.41) is 3.87. The summed E-state index contributed by atoms with van der Waals surface area (Å²) < 4.78 is 6.81. The molecule has 0 spiro atoms. The maximum absolute atomic E-state index is 12.3. The van der Waals surface area contributed by atoms with Crippen molar-refractivity contribution in [1.82, 2.24) is 14.8 Å². The summed E-state index contributed by atoms with van der Waals surface area (Å²) in [6.45, 7) is 1.44. The van der Waals surface area contributed by atoms with Crippen LogP contribution in [0.3, 0.4) is 0 Å². The Kier molecular flexibility index (Phi) is 6.17. The predicted molar refractivity (Wildman–Crippen MR) is 89.1 cm³/mol. The molecule has 1 N–H and O–H groups in total. The quantitative estimate of drug-likeness (QED) is 0.745. The monoisotopic (exact) mass is 317 g/mol. The number of likely N-dealkylation sites (N-methyl/N-ethyl adjacent to an activating group) is 1. The molecule has 0 atom stereocenters. The number of nitrogens with zero attached hydrogens (tertiary/aromatic N) is 2. The number of benzene rings is 1. The number of hydrogen-bond donors (Lipinski definition) is 1. The number of carbonyl (C=O) groups excluding carboxylic acids is 2. The number of methoxy groups -OCH3 is 1. The van der Waals surface area contributed by atoms with Crippen LogP contribution in [0.15, 0.2) is 36.5 Å². The number of amides is 2. The molecule has 1 heterocycles. The van der Waals surface area contributed by atoms with E-state index in [0.717, 1.165) is 17.3 Å². The van der Waals surface area contributed by atoms with Gasteiger partial charge in [0.05, 0.1) is 6.54 Å². The molecule has 124 valence electrons. The van der Waals surface area contributed by atoms with Gasteiger partial charge in [-0.2, -0.15) is 0 Å². The van der Waals surface area contributed by atoms with Crippen LogP contribution >= 0.6 is 0 Å². The Hall–Kier alpha value is -2.34. The largest absolute Gasteiger partial charge is 0.385 e. The van der Waals surface area contributed by atoms with E-state index in [9.17, 15) is 9.59 Å². The highest BCUT2D eigenvalue weighted by Crippen LogP contribution is 2.14. The number of carbonyl (C=O) groups is 2. The van der Waals surface area contributed by atoms with Crippen LogP contribution in [0.1, 0.15) is 6.42 Å². The molecule has 1 aromatic heterocycles. The van der Waals surface area contributed by atoms with Crippen LogP contribution in [0.25, 0.3) is 10.9 Å². The lowest BCUT2D eigenvalue weighted by molar-refractivity contribution is -0.135. The maximum Gasteiger partial charge on any atom is 0.242 e. The van der Waals surface area contributed by atoms with Crippen molar-refractivity contribution in [3.63, 3.8) is 0 Å². The highest BCUT2D eigenvalue weighted by molar-refractivity contribution is 5.86. The van der Waals surface area contributed by atoms with Crippen molar-refractivity contribution in [3.8, 4) is 0 Å². The molecule has 2 amide bonds. The normalized spacial score (nSPS) is 10.7. The average molecular weight is 317 g/mol. The first kappa shape index (κ1) is 17.0. The SMILES string of the molecule is COCCCNC(=O)CN(C)C(=O)Cn1ccc2ccccc21. The highest BCUT2D eigenvalue weighted by Gasteiger charge is 2.14. The molecule has 0 aliphatic heterocycles. The third-order valence-corrected chi connectivity index (χ3v) is 3.64. The lowest BCUT2D eigenvalue weighted by atomic mass is 10.2. The number of rotatable bonds is 8. The van der Waals surface area contributed by atoms with Crippen LogP contribution in [-0.4, -0.2) is 55.1 Å². The first-order chi connectivity index (χ1) is 11.1. The average Bonchev–Trinajstić information content (AvgIpc) is 2.95. The summed E-state index contributed by atoms with van der Waals surface area (Å²) in [4.78, 5) is 25.5. The molecule has 1 aromatic carbocycles. The zero-order chi connectivity index (χ0) is 16.7. The van der Waals surface area contributed by atoms with E-state index in [1.54, 1.807) is 14.2 Å². The van der Waals surface area contributed by atoms with E-state index in [-0.39, 0.29) is 24.9 Å². The van der Waals surface area contributed by atoms with Gasteiger partial charge in [0.2, 0.25) is 11.8 Å². The minimum Gasteiger partial charge on any atom is -0.385 e. The number of aromatic nitrogens is 1. The van der Waals surface area contributed by atoms with Gasteiger partial charge in [-0.1, -0.05) is 18.2 Å². The van der Waals surface area contributed by atoms with Gasteiger partial charge in [-0.3, -0.25) is 9.59 Å². The first-order valence-electron chi connectivity index (χ1n) is 7.65. The van der Waals surface area contributed by atoms with E-state index in [1.165, 1.54) is 4.90 Å². The standard InChI is InChI=1S/C17H23N3O3/c1-19(12-16(21)18-9-5-11-23-2)17(22)13-20-10-8-14-6-3-4-7-15(14)20/h3-4,6-8,10H,5,9,11-13H2,1-2H3,(H,18,21). The van der Waals surface area contributed by atoms with Crippen LogP contribution in [0.5, 0.6) is 0 Å². The van der Waals surface area contributed by atoms with E-state index >= 15 is 0 Å². The van der Waals surface area contributed by atoms with Gasteiger partial charge >= 0.3 is 0 Å². The minimum atomic E-state index is -0.158. The maximum atomic E-state index is 12.3. The van der Waals surface area contributed by atoms with Crippen molar-refractivity contribution in [2.75, 3.05) is 33.9 Å². The zero-order valence-corrected chi connectivity index (χ0v) is 13.6. The van der Waals surface area contributed by atoms with Gasteiger partial charge < -0.3 is 19.5 Å². The molecule has 6 heteroatoms. The summed E-state index contributed by atoms with van der Waals surface area (Å²) in [6, 6.07) is 9.87. The predicted octanol–water partition coefficient (Wildman–Crippen LogP) is 1.25. The fourth-order valence-electron chi connectivity index (χ4n) is 2.35. The number of hydrogen-bond acceptors (Lipinski definition) is 3. The van der Waals surface area contributed by atoms with Crippen molar-refractivity contribution in [1.29, 1.82) is 0 Å². The van der Waals surface area contributed by atoms with Gasteiger partial charge in [0.15, 0.2) is 0 Å². The highest BCUT2D eigenvalue weighted by atomic mass is 16.5. The van der Waals surface area contributed by atoms with Gasteiger partial charge in [0, 0.05) is 39.0 Å². The Morgan fingerprint density at radius 1 is 1.26 bits per heavy atom. The van der Waals surface area contributed by atoms with Crippen molar-refractivity contribution in [2.45, 2.75) is 13.0 Å². The van der Waals surface area contributed by atoms with Gasteiger partial charge in [0.25, 0.3) is 0 Å². The number of fused-ring (bicyclic) bond motifs is 1. The number of ether oxygens (including phenoxy) is 1. The van der Waals surface area contributed by atoms with E-state index < -0.39 is 0 Å². The van der Waals surface area contributed by atoms with Crippen molar-refractivity contribution < 1.29 is 14.3 Å². The fourth-order valence-corrected chi connectivity index (χ4v) is 2.35. The Morgan fingerprint density at radius 2 is 2.04 bits per heavy atom. The Labute approximate surface area is 136 Å². The van der Waals surface area contributed by atoms with Gasteiger partial charge in [0.1, 0.15) is 6.54 Å². The topological polar surface area (TPSA) is 63.6 Å². The van der Waals surface area contributed by atoms with Crippen LogP contribution in [0.4, 0.5) is 0 Å². The molecule has 2 aromatic rings. The smallest absolute Gasteiger partial charge is 0.242 e. The lowest BCUT2D eigenvalue weighted by Crippen LogP contribution is -2.40. The van der Waals surface area contributed by atoms with Crippen LogP contribution in [0.2, 0.25) is 0 Å². The third kappa shape index (κ3) is 4.82. The molecule has 0 fully saturated rings. The summed E-state index contributed by atoms with van der Waals surface area (Å²) in [5.41, 5.74) is 1.01. The second-order valence-corrected chi connectivity index (χ2v) is 5.45. The molecule has 0 unspecified atom stereocenters. The summed E-state index contributed by atoms with van der Waals surface area (Å²) >= 11 is 0. The molecule has 23 heavy (non-hydrogen) atoms. The number of nitrogens with one attached hydrogen (secondary N) is 1. The number of para-hydroxylation sites is 1. The third-order valence-electron chi connectivity index (χ3n) is 3.64. The van der Waals surface area contributed by atoms with E-state index in [2.05, 4.69) is 5.32 Å². The summed E-state index contributed by atoms with van der Waals surface area (Å²) in [6.07, 6.45) is 2.65. The Morgan fingerprint density at radius 3 is 2.83 bits per heavy atom. The van der Waals surface area contributed by atoms with E-state index in [1.807, 2.05) is 41.1 Å². The molecular formula is C17H23N3O3. The van der Waals surface area contributed by atoms with Crippen LogP contribution < -0.4 is 5.32 Å². The molecule has 0 saturated heterocycles. The summed E-state index contributed by atoms with van der Waals surface area (Å²) in [5.74, 6) is -0.257. The zero-order valence-electron chi connectivity index (χ0n) is 13.6. The van der Waals surface area contributed by atoms with E-state index in [0.29, 0.717) is 13.2 Å². The Bertz CT molecular complexity index is 666. The molecule has 0 aliphatic carbocycles.